The monoisotopic (exact) mass is 286 g/mol. The number of carbonyl (C=O) groups is 2. The van der Waals surface area contributed by atoms with Gasteiger partial charge in [0.15, 0.2) is 0 Å². The zero-order chi connectivity index (χ0) is 13.7. The number of thioether (sulfide) groups is 1. The fraction of sp³-hybridized carbons (Fsp3) is 0.846. The molecule has 2 N–H and O–H groups in total. The van der Waals surface area contributed by atoms with E-state index in [-0.39, 0.29) is 11.9 Å². The zero-order valence-corrected chi connectivity index (χ0v) is 12.0. The number of rotatable bonds is 3. The predicted octanol–water partition coefficient (Wildman–Crippen LogP) is 0.937. The molecule has 2 aliphatic heterocycles. The van der Waals surface area contributed by atoms with Gasteiger partial charge in [0.05, 0.1) is 0 Å². The van der Waals surface area contributed by atoms with Gasteiger partial charge in [0.1, 0.15) is 6.04 Å². The maximum Gasteiger partial charge on any atom is 0.326 e. The second-order valence-electron chi connectivity index (χ2n) is 5.22. The Morgan fingerprint density at radius 2 is 2.16 bits per heavy atom. The highest BCUT2D eigenvalue weighted by atomic mass is 32.2. The van der Waals surface area contributed by atoms with E-state index in [1.165, 1.54) is 0 Å². The van der Waals surface area contributed by atoms with E-state index < -0.39 is 12.0 Å². The minimum atomic E-state index is -0.860. The number of nitrogens with zero attached hydrogens (tertiary/aromatic N) is 1. The van der Waals surface area contributed by atoms with Crippen molar-refractivity contribution in [2.45, 2.75) is 44.2 Å². The number of carboxylic acid groups (broad SMARTS) is 1. The molecular formula is C13H22N2O3S. The molecule has 0 bridgehead atoms. The highest BCUT2D eigenvalue weighted by molar-refractivity contribution is 7.99. The first kappa shape index (κ1) is 14.7. The maximum atomic E-state index is 12.3. The second kappa shape index (κ2) is 7.14. The van der Waals surface area contributed by atoms with Gasteiger partial charge in [0, 0.05) is 37.1 Å². The van der Waals surface area contributed by atoms with Gasteiger partial charge < -0.3 is 15.3 Å². The number of carboxylic acids is 1. The molecule has 0 aromatic carbocycles. The molecule has 0 radical (unpaired) electrons. The van der Waals surface area contributed by atoms with Gasteiger partial charge in [-0.25, -0.2) is 4.79 Å². The van der Waals surface area contributed by atoms with Crippen LogP contribution in [0.5, 0.6) is 0 Å². The van der Waals surface area contributed by atoms with Crippen molar-refractivity contribution in [2.24, 2.45) is 0 Å². The molecule has 0 aromatic heterocycles. The first-order valence-corrected chi connectivity index (χ1v) is 8.17. The van der Waals surface area contributed by atoms with E-state index in [2.05, 4.69) is 5.32 Å². The van der Waals surface area contributed by atoms with Crippen molar-refractivity contribution in [3.8, 4) is 0 Å². The quantitative estimate of drug-likeness (QED) is 0.808. The summed E-state index contributed by atoms with van der Waals surface area (Å²) in [5.41, 5.74) is 0. The Hall–Kier alpha value is -0.750. The number of aliphatic carboxylic acids is 1. The number of amides is 1. The summed E-state index contributed by atoms with van der Waals surface area (Å²) in [4.78, 5) is 25.2. The first-order chi connectivity index (χ1) is 9.18. The summed E-state index contributed by atoms with van der Waals surface area (Å²) in [6.07, 6.45) is 3.86. The Bertz CT molecular complexity index is 332. The smallest absolute Gasteiger partial charge is 0.326 e. The van der Waals surface area contributed by atoms with Gasteiger partial charge in [0.2, 0.25) is 5.91 Å². The van der Waals surface area contributed by atoms with Gasteiger partial charge in [-0.3, -0.25) is 4.79 Å². The standard InChI is InChI=1S/C13H22N2O3S/c16-12(8-10-9-19-7-5-14-10)15-6-3-1-2-4-11(15)13(17)18/h10-11,14H,1-9H2,(H,17,18). The minimum absolute atomic E-state index is 0.00528. The van der Waals surface area contributed by atoms with Gasteiger partial charge in [-0.1, -0.05) is 12.8 Å². The highest BCUT2D eigenvalue weighted by Gasteiger charge is 2.31. The second-order valence-corrected chi connectivity index (χ2v) is 6.37. The third-order valence-corrected chi connectivity index (χ3v) is 4.91. The van der Waals surface area contributed by atoms with Gasteiger partial charge in [0.25, 0.3) is 0 Å². The fourth-order valence-corrected chi connectivity index (χ4v) is 3.69. The summed E-state index contributed by atoms with van der Waals surface area (Å²) in [7, 11) is 0. The van der Waals surface area contributed by atoms with Crippen molar-refractivity contribution >= 4 is 23.6 Å². The number of likely N-dealkylation sites (tertiary alicyclic amines) is 1. The van der Waals surface area contributed by atoms with Crippen molar-refractivity contribution in [1.82, 2.24) is 10.2 Å². The minimum Gasteiger partial charge on any atom is -0.480 e. The molecule has 0 saturated carbocycles. The lowest BCUT2D eigenvalue weighted by Gasteiger charge is -2.30. The molecule has 2 aliphatic rings. The lowest BCUT2D eigenvalue weighted by Crippen LogP contribution is -2.48. The third kappa shape index (κ3) is 4.11. The van der Waals surface area contributed by atoms with Gasteiger partial charge in [-0.15, -0.1) is 0 Å². The molecule has 2 saturated heterocycles. The van der Waals surface area contributed by atoms with E-state index in [9.17, 15) is 14.7 Å². The molecule has 2 fully saturated rings. The van der Waals surface area contributed by atoms with Crippen LogP contribution >= 0.6 is 11.8 Å². The molecule has 2 heterocycles. The van der Waals surface area contributed by atoms with E-state index >= 15 is 0 Å². The number of hydrogen-bond acceptors (Lipinski definition) is 4. The van der Waals surface area contributed by atoms with Gasteiger partial charge >= 0.3 is 5.97 Å². The summed E-state index contributed by atoms with van der Waals surface area (Å²) in [5.74, 6) is 1.17. The van der Waals surface area contributed by atoms with Crippen LogP contribution in [0.2, 0.25) is 0 Å². The molecule has 1 amide bonds. The van der Waals surface area contributed by atoms with Crippen LogP contribution in [0.15, 0.2) is 0 Å². The van der Waals surface area contributed by atoms with E-state index in [0.717, 1.165) is 37.3 Å². The van der Waals surface area contributed by atoms with Crippen LogP contribution in [0.3, 0.4) is 0 Å². The average molecular weight is 286 g/mol. The first-order valence-electron chi connectivity index (χ1n) is 7.02. The SMILES string of the molecule is O=C(O)C1CCCCCN1C(=O)CC1CSCCN1. The lowest BCUT2D eigenvalue weighted by atomic mass is 10.1. The highest BCUT2D eigenvalue weighted by Crippen LogP contribution is 2.19. The van der Waals surface area contributed by atoms with Crippen molar-refractivity contribution in [3.63, 3.8) is 0 Å². The summed E-state index contributed by atoms with van der Waals surface area (Å²) in [6.45, 7) is 1.53. The Labute approximate surface area is 118 Å². The molecule has 5 nitrogen and oxygen atoms in total. The van der Waals surface area contributed by atoms with E-state index in [1.807, 2.05) is 11.8 Å². The summed E-state index contributed by atoms with van der Waals surface area (Å²) >= 11 is 1.85. The molecule has 0 aromatic rings. The van der Waals surface area contributed by atoms with E-state index in [4.69, 9.17) is 0 Å². The van der Waals surface area contributed by atoms with Crippen LogP contribution in [0.1, 0.15) is 32.1 Å². The molecule has 0 spiro atoms. The number of hydrogen-bond donors (Lipinski definition) is 2. The topological polar surface area (TPSA) is 69.6 Å². The van der Waals surface area contributed by atoms with Gasteiger partial charge in [-0.05, 0) is 12.8 Å². The molecule has 6 heteroatoms. The summed E-state index contributed by atoms with van der Waals surface area (Å²) in [6, 6.07) is -0.421. The van der Waals surface area contributed by atoms with Crippen LogP contribution in [0, 0.1) is 0 Å². The van der Waals surface area contributed by atoms with Crippen molar-refractivity contribution < 1.29 is 14.7 Å². The number of carbonyl (C=O) groups excluding carboxylic acids is 1. The fourth-order valence-electron chi connectivity index (χ4n) is 2.74. The normalized spacial score (nSPS) is 28.7. The van der Waals surface area contributed by atoms with Gasteiger partial charge in [-0.2, -0.15) is 11.8 Å². The summed E-state index contributed by atoms with van der Waals surface area (Å²) < 4.78 is 0. The molecule has 2 unspecified atom stereocenters. The van der Waals surface area contributed by atoms with Crippen molar-refractivity contribution in [1.29, 1.82) is 0 Å². The molecule has 2 atom stereocenters. The Morgan fingerprint density at radius 3 is 2.84 bits per heavy atom. The van der Waals surface area contributed by atoms with Crippen LogP contribution < -0.4 is 5.32 Å². The zero-order valence-electron chi connectivity index (χ0n) is 11.1. The predicted molar refractivity (Wildman–Crippen MR) is 75.3 cm³/mol. The van der Waals surface area contributed by atoms with Crippen LogP contribution in [0.25, 0.3) is 0 Å². The number of nitrogens with one attached hydrogen (secondary N) is 1. The van der Waals surface area contributed by atoms with E-state index in [1.54, 1.807) is 4.90 Å². The molecule has 2 rings (SSSR count). The van der Waals surface area contributed by atoms with Crippen LogP contribution in [-0.2, 0) is 9.59 Å². The Kier molecular flexibility index (Phi) is 5.51. The molecular weight excluding hydrogens is 264 g/mol. The average Bonchev–Trinajstić information content (AvgIpc) is 2.65. The van der Waals surface area contributed by atoms with Crippen molar-refractivity contribution in [3.05, 3.63) is 0 Å². The van der Waals surface area contributed by atoms with E-state index in [0.29, 0.717) is 19.4 Å². The van der Waals surface area contributed by atoms with Crippen molar-refractivity contribution in [2.75, 3.05) is 24.6 Å². The Balaban J connectivity index is 1.95. The largest absolute Gasteiger partial charge is 0.480 e. The lowest BCUT2D eigenvalue weighted by molar-refractivity contribution is -0.150. The molecule has 0 aliphatic carbocycles. The Morgan fingerprint density at radius 1 is 1.32 bits per heavy atom. The summed E-state index contributed by atoms with van der Waals surface area (Å²) in [5, 5.41) is 12.6. The molecule has 108 valence electrons. The molecule has 19 heavy (non-hydrogen) atoms. The van der Waals surface area contributed by atoms with Crippen LogP contribution in [0.4, 0.5) is 0 Å². The van der Waals surface area contributed by atoms with Crippen LogP contribution in [-0.4, -0.2) is 58.6 Å². The maximum absolute atomic E-state index is 12.3. The third-order valence-electron chi connectivity index (χ3n) is 3.78.